The van der Waals surface area contributed by atoms with E-state index < -0.39 is 11.0 Å². The van der Waals surface area contributed by atoms with Gasteiger partial charge in [0, 0.05) is 5.41 Å². The predicted octanol–water partition coefficient (Wildman–Crippen LogP) is 0.559. The van der Waals surface area contributed by atoms with Gasteiger partial charge in [0.05, 0.1) is 34.5 Å². The number of ether oxygens (including phenoxy) is 1. The molecule has 3 atom stereocenters. The quantitative estimate of drug-likeness (QED) is 0.667. The first-order valence-electron chi connectivity index (χ1n) is 6.54. The van der Waals surface area contributed by atoms with Crippen LogP contribution in [0.15, 0.2) is 0 Å². The van der Waals surface area contributed by atoms with Crippen molar-refractivity contribution in [2.45, 2.75) is 50.0 Å². The molecular formula is C12H22N2O2S. The summed E-state index contributed by atoms with van der Waals surface area (Å²) in [5.74, 6) is 0. The van der Waals surface area contributed by atoms with E-state index in [1.165, 1.54) is 0 Å². The highest BCUT2D eigenvalue weighted by atomic mass is 32.2. The molecule has 5 heteroatoms. The van der Waals surface area contributed by atoms with Crippen LogP contribution in [0.2, 0.25) is 0 Å². The first-order chi connectivity index (χ1) is 8.04. The molecule has 2 unspecified atom stereocenters. The van der Waals surface area contributed by atoms with E-state index in [1.807, 2.05) is 0 Å². The fraction of sp³-hybridized carbons (Fsp3) is 1.00. The number of nitrogens with one attached hydrogen (secondary N) is 2. The molecule has 1 spiro atoms. The van der Waals surface area contributed by atoms with Gasteiger partial charge < -0.3 is 10.1 Å². The molecule has 0 saturated carbocycles. The van der Waals surface area contributed by atoms with Crippen LogP contribution in [0.4, 0.5) is 0 Å². The summed E-state index contributed by atoms with van der Waals surface area (Å²) >= 11 is 0. The van der Waals surface area contributed by atoms with Gasteiger partial charge in [-0.15, -0.1) is 0 Å². The maximum absolute atomic E-state index is 12.2. The molecule has 0 bridgehead atoms. The van der Waals surface area contributed by atoms with Crippen molar-refractivity contribution < 1.29 is 8.95 Å². The Bertz CT molecular complexity index is 339. The summed E-state index contributed by atoms with van der Waals surface area (Å²) in [4.78, 5) is 0. The van der Waals surface area contributed by atoms with Crippen LogP contribution in [0.25, 0.3) is 0 Å². The molecular weight excluding hydrogens is 236 g/mol. The lowest BCUT2D eigenvalue weighted by Crippen LogP contribution is -2.60. The van der Waals surface area contributed by atoms with Gasteiger partial charge in [0.1, 0.15) is 0 Å². The summed E-state index contributed by atoms with van der Waals surface area (Å²) in [6.07, 6.45) is 3.44. The summed E-state index contributed by atoms with van der Waals surface area (Å²) < 4.78 is 21.4. The van der Waals surface area contributed by atoms with Gasteiger partial charge in [-0.3, -0.25) is 0 Å². The minimum Gasteiger partial charge on any atom is -0.376 e. The van der Waals surface area contributed by atoms with Crippen LogP contribution in [-0.4, -0.2) is 40.8 Å². The Hall–Kier alpha value is 0.0300. The van der Waals surface area contributed by atoms with Crippen LogP contribution >= 0.6 is 0 Å². The SMILES string of the molecule is CC1(C)C[C@@H]2OCC3(CCNCC3)C2NS1=O. The molecule has 0 aromatic heterocycles. The molecule has 3 rings (SSSR count). The minimum atomic E-state index is -0.939. The van der Waals surface area contributed by atoms with E-state index >= 15 is 0 Å². The third-order valence-corrected chi connectivity index (χ3v) is 6.28. The van der Waals surface area contributed by atoms with Crippen LogP contribution in [-0.2, 0) is 15.7 Å². The van der Waals surface area contributed by atoms with E-state index in [1.54, 1.807) is 0 Å². The summed E-state index contributed by atoms with van der Waals surface area (Å²) in [6.45, 7) is 7.07. The molecule has 3 heterocycles. The molecule has 3 aliphatic rings. The highest BCUT2D eigenvalue weighted by Gasteiger charge is 2.55. The van der Waals surface area contributed by atoms with Gasteiger partial charge in [-0.05, 0) is 46.2 Å². The first-order valence-corrected chi connectivity index (χ1v) is 7.69. The van der Waals surface area contributed by atoms with E-state index in [0.29, 0.717) is 6.04 Å². The molecule has 3 saturated heterocycles. The zero-order valence-electron chi connectivity index (χ0n) is 10.6. The van der Waals surface area contributed by atoms with Crippen molar-refractivity contribution in [1.29, 1.82) is 0 Å². The predicted molar refractivity (Wildman–Crippen MR) is 68.0 cm³/mol. The summed E-state index contributed by atoms with van der Waals surface area (Å²) in [5.41, 5.74) is 0.224. The highest BCUT2D eigenvalue weighted by molar-refractivity contribution is 7.84. The average molecular weight is 258 g/mol. The molecule has 98 valence electrons. The molecule has 0 aromatic carbocycles. The molecule has 0 aliphatic carbocycles. The summed E-state index contributed by atoms with van der Waals surface area (Å²) in [5, 5.41) is 3.40. The second-order valence-electron chi connectivity index (χ2n) is 6.29. The Morgan fingerprint density at radius 3 is 2.71 bits per heavy atom. The van der Waals surface area contributed by atoms with Crippen LogP contribution in [0.3, 0.4) is 0 Å². The number of piperidine rings is 1. The lowest BCUT2D eigenvalue weighted by atomic mass is 9.73. The Kier molecular flexibility index (Phi) is 2.85. The second-order valence-corrected chi connectivity index (χ2v) is 8.17. The lowest BCUT2D eigenvalue weighted by molar-refractivity contribution is 0.0747. The summed E-state index contributed by atoms with van der Waals surface area (Å²) in [7, 11) is -0.939. The molecule has 0 aromatic rings. The third kappa shape index (κ3) is 1.87. The van der Waals surface area contributed by atoms with Gasteiger partial charge in [0.15, 0.2) is 0 Å². The molecule has 3 fully saturated rings. The van der Waals surface area contributed by atoms with E-state index in [2.05, 4.69) is 23.9 Å². The van der Waals surface area contributed by atoms with Crippen LogP contribution in [0.5, 0.6) is 0 Å². The molecule has 0 radical (unpaired) electrons. The number of hydrogen-bond donors (Lipinski definition) is 2. The van der Waals surface area contributed by atoms with Gasteiger partial charge in [-0.25, -0.2) is 8.93 Å². The van der Waals surface area contributed by atoms with E-state index in [-0.39, 0.29) is 16.3 Å². The molecule has 4 nitrogen and oxygen atoms in total. The topological polar surface area (TPSA) is 50.4 Å². The Morgan fingerprint density at radius 2 is 2.00 bits per heavy atom. The van der Waals surface area contributed by atoms with Gasteiger partial charge in [-0.2, -0.15) is 0 Å². The maximum Gasteiger partial charge on any atom is 0.0977 e. The van der Waals surface area contributed by atoms with Crippen molar-refractivity contribution in [2.75, 3.05) is 19.7 Å². The monoisotopic (exact) mass is 258 g/mol. The minimum absolute atomic E-state index is 0.167. The third-order valence-electron chi connectivity index (χ3n) is 4.64. The van der Waals surface area contributed by atoms with Crippen LogP contribution < -0.4 is 10.0 Å². The number of hydrogen-bond acceptors (Lipinski definition) is 3. The number of rotatable bonds is 0. The zero-order valence-corrected chi connectivity index (χ0v) is 11.4. The zero-order chi connectivity index (χ0) is 12.1. The lowest BCUT2D eigenvalue weighted by Gasteiger charge is -2.44. The molecule has 3 aliphatic heterocycles. The van der Waals surface area contributed by atoms with Crippen molar-refractivity contribution in [3.63, 3.8) is 0 Å². The van der Waals surface area contributed by atoms with Crippen molar-refractivity contribution in [1.82, 2.24) is 10.0 Å². The fourth-order valence-electron chi connectivity index (χ4n) is 3.45. The Balaban J connectivity index is 1.83. The van der Waals surface area contributed by atoms with Crippen LogP contribution in [0, 0.1) is 5.41 Å². The Morgan fingerprint density at radius 1 is 1.29 bits per heavy atom. The smallest absolute Gasteiger partial charge is 0.0977 e. The summed E-state index contributed by atoms with van der Waals surface area (Å²) in [6, 6.07) is 0.290. The van der Waals surface area contributed by atoms with Gasteiger partial charge in [0.2, 0.25) is 0 Å². The van der Waals surface area contributed by atoms with E-state index in [0.717, 1.165) is 39.0 Å². The standard InChI is InChI=1S/C12H22N2O2S/c1-11(2)7-9-10(14-17(11)15)12(8-16-9)3-5-13-6-4-12/h9-10,13-14H,3-8H2,1-2H3/t9-,10?,17?/m0/s1. The maximum atomic E-state index is 12.2. The van der Waals surface area contributed by atoms with Crippen molar-refractivity contribution >= 4 is 11.0 Å². The van der Waals surface area contributed by atoms with Crippen molar-refractivity contribution in [2.24, 2.45) is 5.41 Å². The van der Waals surface area contributed by atoms with Gasteiger partial charge in [-0.1, -0.05) is 0 Å². The van der Waals surface area contributed by atoms with Crippen molar-refractivity contribution in [3.05, 3.63) is 0 Å². The Labute approximate surface area is 105 Å². The second kappa shape index (κ2) is 4.02. The molecule has 17 heavy (non-hydrogen) atoms. The van der Waals surface area contributed by atoms with E-state index in [4.69, 9.17) is 4.74 Å². The van der Waals surface area contributed by atoms with Gasteiger partial charge >= 0.3 is 0 Å². The van der Waals surface area contributed by atoms with Gasteiger partial charge in [0.25, 0.3) is 0 Å². The van der Waals surface area contributed by atoms with Crippen LogP contribution in [0.1, 0.15) is 33.1 Å². The largest absolute Gasteiger partial charge is 0.376 e. The normalized spacial score (nSPS) is 43.5. The van der Waals surface area contributed by atoms with E-state index in [9.17, 15) is 4.21 Å². The fourth-order valence-corrected chi connectivity index (χ4v) is 4.71. The molecule has 2 N–H and O–H groups in total. The molecule has 0 amide bonds. The highest BCUT2D eigenvalue weighted by Crippen LogP contribution is 2.45. The first kappa shape index (κ1) is 12.1. The number of fused-ring (bicyclic) bond motifs is 2. The average Bonchev–Trinajstić information content (AvgIpc) is 2.59. The van der Waals surface area contributed by atoms with Crippen molar-refractivity contribution in [3.8, 4) is 0 Å².